The van der Waals surface area contributed by atoms with E-state index in [-0.39, 0.29) is 6.03 Å². The van der Waals surface area contributed by atoms with Gasteiger partial charge in [-0.15, -0.1) is 0 Å². The molecule has 80 valence electrons. The fourth-order valence-electron chi connectivity index (χ4n) is 1.56. The first-order valence-electron chi connectivity index (χ1n) is 4.70. The molecule has 0 aliphatic carbocycles. The summed E-state index contributed by atoms with van der Waals surface area (Å²) in [6.07, 6.45) is 1.85. The Labute approximate surface area is 89.1 Å². The lowest BCUT2D eigenvalue weighted by Gasteiger charge is -2.31. The third-order valence-electron chi connectivity index (χ3n) is 2.39. The molecule has 0 aromatic heterocycles. The fraction of sp³-hybridized carbons (Fsp3) is 0.667. The van der Waals surface area contributed by atoms with Gasteiger partial charge < -0.3 is 16.0 Å². The number of likely N-dealkylation sites (tertiary alicyclic amines) is 1. The van der Waals surface area contributed by atoms with E-state index in [0.717, 1.165) is 25.9 Å². The summed E-state index contributed by atoms with van der Waals surface area (Å²) < 4.78 is 0. The molecule has 0 radical (unpaired) electrons. The summed E-state index contributed by atoms with van der Waals surface area (Å²) >= 11 is 5.63. The first-order valence-corrected chi connectivity index (χ1v) is 5.08. The van der Waals surface area contributed by atoms with Crippen LogP contribution in [0.15, 0.2) is 11.6 Å². The number of carbonyl (C=O) groups is 1. The van der Waals surface area contributed by atoms with Gasteiger partial charge in [-0.05, 0) is 12.8 Å². The van der Waals surface area contributed by atoms with Crippen LogP contribution in [-0.2, 0) is 0 Å². The molecule has 0 saturated carbocycles. The van der Waals surface area contributed by atoms with E-state index in [4.69, 9.17) is 17.3 Å². The molecule has 1 fully saturated rings. The summed E-state index contributed by atoms with van der Waals surface area (Å²) in [5.41, 5.74) is 5.17. The monoisotopic (exact) mass is 217 g/mol. The summed E-state index contributed by atoms with van der Waals surface area (Å²) in [6.45, 7) is 5.68. The van der Waals surface area contributed by atoms with Gasteiger partial charge in [-0.25, -0.2) is 4.79 Å². The number of amides is 2. The maximum Gasteiger partial charge on any atom is 0.314 e. The molecule has 1 aliphatic heterocycles. The van der Waals surface area contributed by atoms with Gasteiger partial charge in [0.2, 0.25) is 0 Å². The summed E-state index contributed by atoms with van der Waals surface area (Å²) in [7, 11) is 0. The number of rotatable bonds is 3. The van der Waals surface area contributed by atoms with Crippen molar-refractivity contribution in [1.29, 1.82) is 0 Å². The van der Waals surface area contributed by atoms with Crippen molar-refractivity contribution in [2.75, 3.05) is 19.6 Å². The molecule has 3 N–H and O–H groups in total. The third-order valence-corrected chi connectivity index (χ3v) is 2.52. The molecule has 0 bridgehead atoms. The molecule has 1 rings (SSSR count). The number of hydrogen-bond donors (Lipinski definition) is 2. The Morgan fingerprint density at radius 3 is 2.57 bits per heavy atom. The van der Waals surface area contributed by atoms with Crippen molar-refractivity contribution in [2.45, 2.75) is 18.9 Å². The predicted octanol–water partition coefficient (Wildman–Crippen LogP) is 0.872. The van der Waals surface area contributed by atoms with E-state index in [1.165, 1.54) is 0 Å². The van der Waals surface area contributed by atoms with E-state index in [9.17, 15) is 4.79 Å². The summed E-state index contributed by atoms with van der Waals surface area (Å²) in [5, 5.41) is 3.88. The molecular weight excluding hydrogens is 202 g/mol. The zero-order valence-corrected chi connectivity index (χ0v) is 8.89. The van der Waals surface area contributed by atoms with Gasteiger partial charge in [0.05, 0.1) is 0 Å². The smallest absolute Gasteiger partial charge is 0.314 e. The SMILES string of the molecule is C=C(Cl)CNC1CCN(C(N)=O)CC1. The lowest BCUT2D eigenvalue weighted by Crippen LogP contribution is -2.46. The second kappa shape index (κ2) is 5.22. The van der Waals surface area contributed by atoms with Gasteiger partial charge in [0.25, 0.3) is 0 Å². The lowest BCUT2D eigenvalue weighted by atomic mass is 10.1. The number of halogens is 1. The Morgan fingerprint density at radius 1 is 1.57 bits per heavy atom. The van der Waals surface area contributed by atoms with E-state index >= 15 is 0 Å². The molecule has 1 saturated heterocycles. The van der Waals surface area contributed by atoms with Crippen LogP contribution in [0.3, 0.4) is 0 Å². The number of hydrogen-bond acceptors (Lipinski definition) is 2. The number of nitrogens with one attached hydrogen (secondary N) is 1. The van der Waals surface area contributed by atoms with Crippen LogP contribution in [0.25, 0.3) is 0 Å². The van der Waals surface area contributed by atoms with Crippen LogP contribution >= 0.6 is 11.6 Å². The molecule has 0 spiro atoms. The Kier molecular flexibility index (Phi) is 4.22. The number of urea groups is 1. The standard InChI is InChI=1S/C9H16ClN3O/c1-7(10)6-12-8-2-4-13(5-3-8)9(11)14/h8,12H,1-6H2,(H2,11,14). The minimum Gasteiger partial charge on any atom is -0.351 e. The van der Waals surface area contributed by atoms with E-state index in [1.807, 2.05) is 0 Å². The van der Waals surface area contributed by atoms with Gasteiger partial charge >= 0.3 is 6.03 Å². The van der Waals surface area contributed by atoms with Crippen LogP contribution in [0, 0.1) is 0 Å². The quantitative estimate of drug-likeness (QED) is 0.737. The largest absolute Gasteiger partial charge is 0.351 e. The third kappa shape index (κ3) is 3.55. The van der Waals surface area contributed by atoms with Crippen LogP contribution in [-0.4, -0.2) is 36.6 Å². The van der Waals surface area contributed by atoms with Crippen molar-refractivity contribution in [3.8, 4) is 0 Å². The molecule has 0 atom stereocenters. The Morgan fingerprint density at radius 2 is 2.14 bits per heavy atom. The molecule has 0 aromatic rings. The van der Waals surface area contributed by atoms with Crippen LogP contribution in [0.1, 0.15) is 12.8 Å². The highest BCUT2D eigenvalue weighted by atomic mass is 35.5. The average Bonchev–Trinajstić information content (AvgIpc) is 2.15. The molecular formula is C9H16ClN3O. The molecule has 0 unspecified atom stereocenters. The summed E-state index contributed by atoms with van der Waals surface area (Å²) in [4.78, 5) is 12.5. The predicted molar refractivity (Wildman–Crippen MR) is 57.2 cm³/mol. The van der Waals surface area contributed by atoms with Crippen LogP contribution in [0.2, 0.25) is 0 Å². The van der Waals surface area contributed by atoms with Crippen LogP contribution in [0.5, 0.6) is 0 Å². The topological polar surface area (TPSA) is 58.4 Å². The maximum atomic E-state index is 10.8. The van der Waals surface area contributed by atoms with Crippen molar-refractivity contribution >= 4 is 17.6 Å². The molecule has 14 heavy (non-hydrogen) atoms. The average molecular weight is 218 g/mol. The van der Waals surface area contributed by atoms with Gasteiger partial charge in [0.15, 0.2) is 0 Å². The number of nitrogens with two attached hydrogens (primary N) is 1. The minimum absolute atomic E-state index is 0.329. The van der Waals surface area contributed by atoms with Crippen molar-refractivity contribution in [3.05, 3.63) is 11.6 Å². The van der Waals surface area contributed by atoms with E-state index in [2.05, 4.69) is 11.9 Å². The minimum atomic E-state index is -0.329. The second-order valence-electron chi connectivity index (χ2n) is 3.50. The summed E-state index contributed by atoms with van der Waals surface area (Å²) in [6, 6.07) is 0.0892. The summed E-state index contributed by atoms with van der Waals surface area (Å²) in [5.74, 6) is 0. The normalized spacial score (nSPS) is 18.2. The first-order chi connectivity index (χ1) is 6.59. The van der Waals surface area contributed by atoms with Crippen LogP contribution < -0.4 is 11.1 Å². The molecule has 4 nitrogen and oxygen atoms in total. The maximum absolute atomic E-state index is 10.8. The van der Waals surface area contributed by atoms with E-state index in [0.29, 0.717) is 17.6 Å². The van der Waals surface area contributed by atoms with Gasteiger partial charge in [0.1, 0.15) is 0 Å². The highest BCUT2D eigenvalue weighted by Gasteiger charge is 2.20. The van der Waals surface area contributed by atoms with Gasteiger partial charge in [-0.1, -0.05) is 18.2 Å². The van der Waals surface area contributed by atoms with E-state index in [1.54, 1.807) is 4.90 Å². The molecule has 1 heterocycles. The Hall–Kier alpha value is -0.740. The van der Waals surface area contributed by atoms with Gasteiger partial charge in [-0.2, -0.15) is 0 Å². The number of piperidine rings is 1. The second-order valence-corrected chi connectivity index (χ2v) is 4.03. The fourth-order valence-corrected chi connectivity index (χ4v) is 1.64. The lowest BCUT2D eigenvalue weighted by molar-refractivity contribution is 0.186. The molecule has 0 aromatic carbocycles. The number of primary amides is 1. The van der Waals surface area contributed by atoms with Crippen LogP contribution in [0.4, 0.5) is 4.79 Å². The van der Waals surface area contributed by atoms with E-state index < -0.39 is 0 Å². The van der Waals surface area contributed by atoms with Crippen molar-refractivity contribution in [1.82, 2.24) is 10.2 Å². The number of carbonyl (C=O) groups excluding carboxylic acids is 1. The Bertz CT molecular complexity index is 224. The van der Waals surface area contributed by atoms with Crippen molar-refractivity contribution in [2.24, 2.45) is 5.73 Å². The highest BCUT2D eigenvalue weighted by Crippen LogP contribution is 2.10. The van der Waals surface area contributed by atoms with Gasteiger partial charge in [-0.3, -0.25) is 0 Å². The first kappa shape index (κ1) is 11.3. The van der Waals surface area contributed by atoms with Crippen molar-refractivity contribution in [3.63, 3.8) is 0 Å². The highest BCUT2D eigenvalue weighted by molar-refractivity contribution is 6.29. The Balaban J connectivity index is 2.22. The van der Waals surface area contributed by atoms with Crippen molar-refractivity contribution < 1.29 is 4.79 Å². The zero-order valence-electron chi connectivity index (χ0n) is 8.13. The molecule has 2 amide bonds. The molecule has 1 aliphatic rings. The van der Waals surface area contributed by atoms with Gasteiger partial charge in [0, 0.05) is 30.7 Å². The zero-order chi connectivity index (χ0) is 10.6. The number of nitrogens with zero attached hydrogens (tertiary/aromatic N) is 1. The molecule has 5 heteroatoms.